The molecule has 0 saturated carbocycles. The Morgan fingerprint density at radius 2 is 1.50 bits per heavy atom. The molecule has 0 saturated heterocycles. The smallest absolute Gasteiger partial charge is 1.00 e. The minimum absolute atomic E-state index is 0. The van der Waals surface area contributed by atoms with Gasteiger partial charge in [-0.3, -0.25) is 0 Å². The molecule has 0 amide bonds. The summed E-state index contributed by atoms with van der Waals surface area (Å²) in [6.45, 7) is 19.2. The average molecular weight is 547 g/mol. The Balaban J connectivity index is 0.00000181. The Hall–Kier alpha value is -0.747. The van der Waals surface area contributed by atoms with E-state index < -0.39 is 21.3 Å². The first-order chi connectivity index (χ1) is 14.0. The van der Waals surface area contributed by atoms with Crippen molar-refractivity contribution in [2.24, 2.45) is 0 Å². The number of hydrogen-bond acceptors (Lipinski definition) is 0. The summed E-state index contributed by atoms with van der Waals surface area (Å²) in [6.07, 6.45) is 8.26. The maximum absolute atomic E-state index is 2.45. The second kappa shape index (κ2) is 9.86. The molecule has 0 nitrogen and oxygen atoms in total. The van der Waals surface area contributed by atoms with Crippen LogP contribution in [0.5, 0.6) is 0 Å². The fourth-order valence-electron chi connectivity index (χ4n) is 5.48. The van der Waals surface area contributed by atoms with E-state index in [1.807, 2.05) is 0 Å². The van der Waals surface area contributed by atoms with E-state index in [1.165, 1.54) is 16.7 Å². The third-order valence-corrected chi connectivity index (χ3v) is 14.8. The van der Waals surface area contributed by atoms with Gasteiger partial charge in [0.15, 0.2) is 0 Å². The normalized spacial score (nSPS) is 16.2. The monoisotopic (exact) mass is 544 g/mol. The van der Waals surface area contributed by atoms with Crippen LogP contribution in [0.25, 0.3) is 11.1 Å². The van der Waals surface area contributed by atoms with E-state index in [2.05, 4.69) is 110 Å². The topological polar surface area (TPSA) is 0 Å². The van der Waals surface area contributed by atoms with Crippen molar-refractivity contribution in [3.63, 3.8) is 0 Å². The van der Waals surface area contributed by atoms with Gasteiger partial charge in [0, 0.05) is 0 Å². The Morgan fingerprint density at radius 1 is 0.844 bits per heavy atom. The van der Waals surface area contributed by atoms with E-state index in [9.17, 15) is 0 Å². The van der Waals surface area contributed by atoms with Crippen molar-refractivity contribution in [2.45, 2.75) is 76.3 Å². The first-order valence-corrected chi connectivity index (χ1v) is 15.2. The van der Waals surface area contributed by atoms with Crippen LogP contribution >= 0.6 is 0 Å². The van der Waals surface area contributed by atoms with E-state index in [4.69, 9.17) is 0 Å². The molecule has 1 atom stereocenters. The molecule has 0 aliphatic heterocycles. The van der Waals surface area contributed by atoms with Crippen LogP contribution in [-0.4, -0.2) is 3.21 Å². The third-order valence-electron chi connectivity index (χ3n) is 6.60. The Kier molecular flexibility index (Phi) is 8.47. The Labute approximate surface area is 215 Å². The van der Waals surface area contributed by atoms with Crippen LogP contribution < -0.4 is 24.8 Å². The van der Waals surface area contributed by atoms with Gasteiger partial charge in [0.1, 0.15) is 0 Å². The quantitative estimate of drug-likeness (QED) is 0.541. The molecule has 1 unspecified atom stereocenters. The van der Waals surface area contributed by atoms with Crippen LogP contribution in [0.15, 0.2) is 57.9 Å². The molecule has 0 bridgehead atoms. The fourth-order valence-corrected chi connectivity index (χ4v) is 13.7. The zero-order valence-corrected chi connectivity index (χ0v) is 24.7. The van der Waals surface area contributed by atoms with E-state index in [0.717, 1.165) is 6.42 Å². The van der Waals surface area contributed by atoms with Crippen molar-refractivity contribution < 1.29 is 46.1 Å². The van der Waals surface area contributed by atoms with Gasteiger partial charge >= 0.3 is 192 Å². The van der Waals surface area contributed by atoms with E-state index >= 15 is 0 Å². The zero-order chi connectivity index (χ0) is 21.8. The van der Waals surface area contributed by atoms with Crippen molar-refractivity contribution in [1.29, 1.82) is 0 Å². The van der Waals surface area contributed by atoms with Crippen LogP contribution in [0.1, 0.15) is 87.7 Å². The van der Waals surface area contributed by atoms with Crippen molar-refractivity contribution in [2.75, 3.05) is 0 Å². The summed E-state index contributed by atoms with van der Waals surface area (Å²) < 4.78 is 4.05. The number of fused-ring (bicyclic) bond motifs is 3. The second-order valence-corrected chi connectivity index (χ2v) is 18.7. The van der Waals surface area contributed by atoms with E-state index in [1.54, 1.807) is 23.2 Å². The van der Waals surface area contributed by atoms with E-state index in [0.29, 0.717) is 3.63 Å². The third kappa shape index (κ3) is 4.73. The molecule has 2 aliphatic rings. The first-order valence-electron chi connectivity index (χ1n) is 11.3. The van der Waals surface area contributed by atoms with Gasteiger partial charge in [-0.15, -0.1) is 0 Å². The molecule has 4 rings (SSSR count). The number of rotatable bonds is 2. The van der Waals surface area contributed by atoms with E-state index in [-0.39, 0.29) is 35.6 Å². The molecule has 0 N–H and O–H groups in total. The molecule has 3 heteroatoms. The van der Waals surface area contributed by atoms with Crippen molar-refractivity contribution >= 4 is 3.21 Å². The summed E-state index contributed by atoms with van der Waals surface area (Å²) in [6, 6.07) is 14.1. The summed E-state index contributed by atoms with van der Waals surface area (Å²) in [7, 11) is 0. The minimum atomic E-state index is -2.09. The molecule has 170 valence electrons. The van der Waals surface area contributed by atoms with Crippen molar-refractivity contribution in [1.82, 2.24) is 0 Å². The summed E-state index contributed by atoms with van der Waals surface area (Å²) in [5, 5.41) is 0. The minimum Gasteiger partial charge on any atom is -1.00 e. The predicted octanol–water partition coefficient (Wildman–Crippen LogP) is 2.03. The number of allylic oxidation sites excluding steroid dienone is 4. The van der Waals surface area contributed by atoms with Gasteiger partial charge in [0.05, 0.1) is 0 Å². The van der Waals surface area contributed by atoms with Gasteiger partial charge in [-0.2, -0.15) is 0 Å². The maximum Gasteiger partial charge on any atom is -1.00 e. The second-order valence-electron chi connectivity index (χ2n) is 11.2. The van der Waals surface area contributed by atoms with Gasteiger partial charge in [-0.25, -0.2) is 0 Å². The molecule has 0 spiro atoms. The number of hydrogen-bond donors (Lipinski definition) is 0. The summed E-state index contributed by atoms with van der Waals surface area (Å²) in [5.74, 6) is 0. The molecule has 2 aromatic rings. The molecular formula is C29H36Cl2Zr. The fraction of sp³-hybridized carbons (Fsp3) is 0.414. The van der Waals surface area contributed by atoms with Gasteiger partial charge < -0.3 is 24.8 Å². The summed E-state index contributed by atoms with van der Waals surface area (Å²) >= 11 is -2.09. The molecule has 2 aliphatic carbocycles. The molecule has 0 heterocycles. The molecule has 0 fully saturated rings. The van der Waals surface area contributed by atoms with Crippen LogP contribution in [0.4, 0.5) is 0 Å². The molecule has 32 heavy (non-hydrogen) atoms. The van der Waals surface area contributed by atoms with Crippen LogP contribution in [0.2, 0.25) is 0 Å². The number of halogens is 2. The maximum atomic E-state index is 2.45. The largest absolute Gasteiger partial charge is 1.00 e. The molecular weight excluding hydrogens is 510 g/mol. The van der Waals surface area contributed by atoms with Gasteiger partial charge in [0.25, 0.3) is 0 Å². The number of benzene rings is 2. The van der Waals surface area contributed by atoms with Crippen LogP contribution in [0.3, 0.4) is 0 Å². The van der Waals surface area contributed by atoms with Gasteiger partial charge in [0.2, 0.25) is 0 Å². The SMILES string of the molecule is C[C](C)=[Zr+2]([C]1=CC=CC1)[CH]1c2ccccc2-c2ccc(C(C)(C)C)c(C(C)(C)C)c21.[Cl-].[Cl-]. The van der Waals surface area contributed by atoms with Crippen LogP contribution in [0, 0.1) is 0 Å². The Bertz CT molecular complexity index is 1100. The van der Waals surface area contributed by atoms with Gasteiger partial charge in [-0.1, -0.05) is 0 Å². The van der Waals surface area contributed by atoms with Crippen LogP contribution in [-0.2, 0) is 32.1 Å². The standard InChI is InChI=1S/C21H25.C5H5.C3H6.2ClH.Zr/c1-20(2,3)18-12-11-16-15-10-8-7-9-14(15)13-17(16)19(18)21(4,5)6;1-2-4-5-3-1;1-3-2;;;/h7-13H,1-6H3;1-3H,4H2;1-2H3;2*1H;/q;;;;;+2/p-2. The van der Waals surface area contributed by atoms with Crippen molar-refractivity contribution in [3.8, 4) is 11.1 Å². The summed E-state index contributed by atoms with van der Waals surface area (Å²) in [5.41, 5.74) is 9.63. The van der Waals surface area contributed by atoms with Gasteiger partial charge in [-0.05, 0) is 0 Å². The van der Waals surface area contributed by atoms with Crippen molar-refractivity contribution in [3.05, 3.63) is 80.2 Å². The molecule has 0 aromatic heterocycles. The predicted molar refractivity (Wildman–Crippen MR) is 129 cm³/mol. The first kappa shape index (κ1) is 27.5. The summed E-state index contributed by atoms with van der Waals surface area (Å²) in [4.78, 5) is 0. The average Bonchev–Trinajstić information content (AvgIpc) is 3.27. The molecule has 2 aromatic carbocycles. The Morgan fingerprint density at radius 3 is 2.03 bits per heavy atom. The molecule has 0 radical (unpaired) electrons. The zero-order valence-electron chi connectivity index (χ0n) is 20.7.